The Labute approximate surface area is 147 Å². The second kappa shape index (κ2) is 7.10. The minimum Gasteiger partial charge on any atom is -0.508 e. The van der Waals surface area contributed by atoms with Crippen LogP contribution in [0.4, 0.5) is 0 Å². The molecule has 22 heavy (non-hydrogen) atoms. The monoisotopic (exact) mass is 357 g/mol. The van der Waals surface area contributed by atoms with Crippen LogP contribution in [0.5, 0.6) is 5.75 Å². The Morgan fingerprint density at radius 1 is 1.14 bits per heavy atom. The number of hydrogen-bond donors (Lipinski definition) is 1. The van der Waals surface area contributed by atoms with Crippen LogP contribution in [0.2, 0.25) is 10.0 Å². The van der Waals surface area contributed by atoms with E-state index in [1.165, 1.54) is 11.1 Å². The van der Waals surface area contributed by atoms with Crippen LogP contribution in [0, 0.1) is 0 Å². The topological polar surface area (TPSA) is 23.5 Å². The van der Waals surface area contributed by atoms with Gasteiger partial charge in [0, 0.05) is 19.0 Å². The van der Waals surface area contributed by atoms with Crippen LogP contribution < -0.4 is 0 Å². The highest BCUT2D eigenvalue weighted by atomic mass is 35.5. The summed E-state index contributed by atoms with van der Waals surface area (Å²) in [6.45, 7) is 4.96. The lowest BCUT2D eigenvalue weighted by atomic mass is 9.84. The van der Waals surface area contributed by atoms with Gasteiger partial charge in [0.2, 0.25) is 0 Å². The van der Waals surface area contributed by atoms with E-state index >= 15 is 0 Å². The van der Waals surface area contributed by atoms with Crippen molar-refractivity contribution in [3.8, 4) is 5.75 Å². The molecule has 0 bridgehead atoms. The molecule has 1 atom stereocenters. The van der Waals surface area contributed by atoms with E-state index in [9.17, 15) is 5.11 Å². The molecule has 0 aromatic heterocycles. The predicted molar refractivity (Wildman–Crippen MR) is 94.6 cm³/mol. The lowest BCUT2D eigenvalue weighted by molar-refractivity contribution is 0.253. The van der Waals surface area contributed by atoms with Gasteiger partial charge in [-0.25, -0.2) is 0 Å². The number of benzene rings is 2. The van der Waals surface area contributed by atoms with E-state index in [2.05, 4.69) is 11.8 Å². The van der Waals surface area contributed by atoms with Crippen LogP contribution >= 0.6 is 35.6 Å². The predicted octanol–water partition coefficient (Wildman–Crippen LogP) is 5.09. The summed E-state index contributed by atoms with van der Waals surface area (Å²) in [7, 11) is 0. The maximum absolute atomic E-state index is 9.73. The average molecular weight is 359 g/mol. The molecule has 1 N–H and O–H groups in total. The van der Waals surface area contributed by atoms with E-state index in [0.29, 0.717) is 15.8 Å². The number of aromatic hydroxyl groups is 1. The SMILES string of the molecule is CCN1Cc2cc(O)ccc2C(c2ccc(Cl)c(Cl)c2)C1.Cl. The van der Waals surface area contributed by atoms with Crippen molar-refractivity contribution in [2.24, 2.45) is 0 Å². The molecule has 0 saturated heterocycles. The summed E-state index contributed by atoms with van der Waals surface area (Å²) in [6, 6.07) is 11.5. The molecule has 0 radical (unpaired) electrons. The van der Waals surface area contributed by atoms with Crippen molar-refractivity contribution < 1.29 is 5.11 Å². The van der Waals surface area contributed by atoms with E-state index in [1.807, 2.05) is 30.3 Å². The summed E-state index contributed by atoms with van der Waals surface area (Å²) >= 11 is 12.2. The van der Waals surface area contributed by atoms with Gasteiger partial charge in [0.05, 0.1) is 10.0 Å². The van der Waals surface area contributed by atoms with E-state index < -0.39 is 0 Å². The van der Waals surface area contributed by atoms with Gasteiger partial charge in [-0.15, -0.1) is 12.4 Å². The highest BCUT2D eigenvalue weighted by Gasteiger charge is 2.26. The lowest BCUT2D eigenvalue weighted by Gasteiger charge is -2.34. The first-order valence-corrected chi connectivity index (χ1v) is 7.83. The maximum Gasteiger partial charge on any atom is 0.115 e. The molecule has 1 heterocycles. The van der Waals surface area contributed by atoms with Gasteiger partial charge < -0.3 is 5.11 Å². The molecule has 2 aromatic carbocycles. The molecule has 0 saturated carbocycles. The smallest absolute Gasteiger partial charge is 0.115 e. The molecular weight excluding hydrogens is 341 g/mol. The quantitative estimate of drug-likeness (QED) is 0.808. The van der Waals surface area contributed by atoms with Crippen molar-refractivity contribution >= 4 is 35.6 Å². The molecule has 118 valence electrons. The van der Waals surface area contributed by atoms with Gasteiger partial charge >= 0.3 is 0 Å². The number of rotatable bonds is 2. The number of halogens is 3. The van der Waals surface area contributed by atoms with Crippen LogP contribution in [-0.4, -0.2) is 23.1 Å². The standard InChI is InChI=1S/C17H17Cl2NO.ClH/c1-2-20-9-12-7-13(21)4-5-14(12)15(10-20)11-3-6-16(18)17(19)8-11;/h3-8,15,21H,2,9-10H2,1H3;1H. The number of phenolic OH excluding ortho intramolecular Hbond substituents is 1. The van der Waals surface area contributed by atoms with E-state index in [0.717, 1.165) is 25.2 Å². The van der Waals surface area contributed by atoms with Gasteiger partial charge in [-0.05, 0) is 47.5 Å². The average Bonchev–Trinajstić information content (AvgIpc) is 2.48. The first kappa shape index (κ1) is 17.4. The third-order valence-electron chi connectivity index (χ3n) is 4.13. The van der Waals surface area contributed by atoms with E-state index in [4.69, 9.17) is 23.2 Å². The highest BCUT2D eigenvalue weighted by molar-refractivity contribution is 6.42. The Bertz CT molecular complexity index is 675. The van der Waals surface area contributed by atoms with Crippen molar-refractivity contribution in [1.29, 1.82) is 0 Å². The fourth-order valence-electron chi connectivity index (χ4n) is 2.99. The molecule has 0 aliphatic carbocycles. The number of nitrogens with zero attached hydrogens (tertiary/aromatic N) is 1. The van der Waals surface area contributed by atoms with Gasteiger partial charge in [-0.2, -0.15) is 0 Å². The van der Waals surface area contributed by atoms with Crippen molar-refractivity contribution in [3.63, 3.8) is 0 Å². The molecule has 1 unspecified atom stereocenters. The van der Waals surface area contributed by atoms with E-state index in [1.54, 1.807) is 6.07 Å². The molecule has 2 nitrogen and oxygen atoms in total. The molecule has 2 aromatic rings. The van der Waals surface area contributed by atoms with Crippen LogP contribution in [0.15, 0.2) is 36.4 Å². The number of hydrogen-bond acceptors (Lipinski definition) is 2. The number of phenols is 1. The second-order valence-electron chi connectivity index (χ2n) is 5.44. The summed E-state index contributed by atoms with van der Waals surface area (Å²) < 4.78 is 0. The normalized spacial score (nSPS) is 17.7. The molecule has 0 fully saturated rings. The van der Waals surface area contributed by atoms with Crippen LogP contribution in [0.1, 0.15) is 29.5 Å². The van der Waals surface area contributed by atoms with Gasteiger partial charge in [0.1, 0.15) is 5.75 Å². The zero-order chi connectivity index (χ0) is 15.0. The lowest BCUT2D eigenvalue weighted by Crippen LogP contribution is -2.33. The van der Waals surface area contributed by atoms with E-state index in [-0.39, 0.29) is 18.3 Å². The Balaban J connectivity index is 0.00000176. The fraction of sp³-hybridized carbons (Fsp3) is 0.294. The van der Waals surface area contributed by atoms with Gasteiger partial charge in [-0.1, -0.05) is 42.3 Å². The first-order chi connectivity index (χ1) is 10.1. The number of likely N-dealkylation sites (N-methyl/N-ethyl adjacent to an activating group) is 1. The summed E-state index contributed by atoms with van der Waals surface area (Å²) in [5, 5.41) is 10.9. The first-order valence-electron chi connectivity index (χ1n) is 7.07. The minimum atomic E-state index is 0. The van der Waals surface area contributed by atoms with Crippen molar-refractivity contribution in [2.45, 2.75) is 19.4 Å². The highest BCUT2D eigenvalue weighted by Crippen LogP contribution is 2.37. The Kier molecular flexibility index (Phi) is 5.62. The molecule has 5 heteroatoms. The fourth-order valence-corrected chi connectivity index (χ4v) is 3.29. The Morgan fingerprint density at radius 3 is 2.59 bits per heavy atom. The molecule has 0 spiro atoms. The van der Waals surface area contributed by atoms with Crippen LogP contribution in [-0.2, 0) is 6.54 Å². The molecular formula is C17H18Cl3NO. The summed E-state index contributed by atoms with van der Waals surface area (Å²) in [5.41, 5.74) is 3.60. The minimum absolute atomic E-state index is 0. The van der Waals surface area contributed by atoms with Gasteiger partial charge in [0.25, 0.3) is 0 Å². The zero-order valence-electron chi connectivity index (χ0n) is 12.2. The van der Waals surface area contributed by atoms with Crippen molar-refractivity contribution in [3.05, 3.63) is 63.1 Å². The molecule has 1 aliphatic heterocycles. The third kappa shape index (κ3) is 3.36. The zero-order valence-corrected chi connectivity index (χ0v) is 14.5. The second-order valence-corrected chi connectivity index (χ2v) is 6.25. The summed E-state index contributed by atoms with van der Waals surface area (Å²) in [5.74, 6) is 0.573. The summed E-state index contributed by atoms with van der Waals surface area (Å²) in [6.07, 6.45) is 0. The van der Waals surface area contributed by atoms with Crippen LogP contribution in [0.3, 0.4) is 0 Å². The Hall–Kier alpha value is -0.930. The molecule has 1 aliphatic rings. The molecule has 3 rings (SSSR count). The Morgan fingerprint density at radius 2 is 1.91 bits per heavy atom. The third-order valence-corrected chi connectivity index (χ3v) is 4.87. The van der Waals surface area contributed by atoms with Crippen molar-refractivity contribution in [2.75, 3.05) is 13.1 Å². The van der Waals surface area contributed by atoms with Crippen molar-refractivity contribution in [1.82, 2.24) is 4.90 Å². The maximum atomic E-state index is 9.73. The summed E-state index contributed by atoms with van der Waals surface area (Å²) in [4.78, 5) is 2.37. The van der Waals surface area contributed by atoms with Crippen LogP contribution in [0.25, 0.3) is 0 Å². The molecule has 0 amide bonds. The van der Waals surface area contributed by atoms with Gasteiger partial charge in [0.15, 0.2) is 0 Å². The number of fused-ring (bicyclic) bond motifs is 1. The van der Waals surface area contributed by atoms with Gasteiger partial charge in [-0.3, -0.25) is 4.90 Å². The largest absolute Gasteiger partial charge is 0.508 e.